The molecule has 0 aliphatic carbocycles. The van der Waals surface area contributed by atoms with Crippen LogP contribution in [0.1, 0.15) is 0 Å². The van der Waals surface area contributed by atoms with Crippen molar-refractivity contribution in [2.24, 2.45) is 5.16 Å². The van der Waals surface area contributed by atoms with Gasteiger partial charge in [-0.2, -0.15) is 0 Å². The number of hydrogen-bond acceptors (Lipinski definition) is 4. The lowest BCUT2D eigenvalue weighted by Crippen LogP contribution is -2.23. The molecule has 0 saturated heterocycles. The molecule has 1 heterocycles. The van der Waals surface area contributed by atoms with E-state index in [0.29, 0.717) is 11.7 Å². The fraction of sp³-hybridized carbons (Fsp3) is 0.200. The van der Waals surface area contributed by atoms with Gasteiger partial charge in [-0.3, -0.25) is 4.79 Å². The summed E-state index contributed by atoms with van der Waals surface area (Å²) in [5.41, 5.74) is 0.761. The highest BCUT2D eigenvalue weighted by Crippen LogP contribution is 2.13. The Morgan fingerprint density at radius 2 is 2.20 bits per heavy atom. The second kappa shape index (κ2) is 4.84. The van der Waals surface area contributed by atoms with Gasteiger partial charge in [-0.1, -0.05) is 35.1 Å². The first-order valence-electron chi connectivity index (χ1n) is 4.55. The van der Waals surface area contributed by atoms with Crippen molar-refractivity contribution in [2.45, 2.75) is 0 Å². The molecule has 0 saturated carbocycles. The van der Waals surface area contributed by atoms with Crippen LogP contribution in [0.25, 0.3) is 0 Å². The Labute approximate surface area is 91.7 Å². The number of rotatable bonds is 2. The number of nitrogens with zero attached hydrogens (tertiary/aromatic N) is 1. The lowest BCUT2D eigenvalue weighted by molar-refractivity contribution is -0.110. The van der Waals surface area contributed by atoms with Crippen LogP contribution < -0.4 is 5.32 Å². The molecule has 0 fully saturated rings. The first kappa shape index (κ1) is 10.0. The maximum absolute atomic E-state index is 11.6. The summed E-state index contributed by atoms with van der Waals surface area (Å²) >= 11 is 1.40. The SMILES string of the molecule is O=C(Nc1ccccc1)C1=NOCCS1. The topological polar surface area (TPSA) is 50.7 Å². The van der Waals surface area contributed by atoms with Gasteiger partial charge >= 0.3 is 0 Å². The van der Waals surface area contributed by atoms with Gasteiger partial charge in [0.2, 0.25) is 5.04 Å². The molecule has 0 aromatic heterocycles. The second-order valence-electron chi connectivity index (χ2n) is 2.90. The van der Waals surface area contributed by atoms with Crippen molar-refractivity contribution >= 4 is 28.4 Å². The summed E-state index contributed by atoms with van der Waals surface area (Å²) < 4.78 is 0. The summed E-state index contributed by atoms with van der Waals surface area (Å²) in [6.45, 7) is 0.562. The van der Waals surface area contributed by atoms with Gasteiger partial charge in [0.1, 0.15) is 6.61 Å². The Kier molecular flexibility index (Phi) is 3.24. The van der Waals surface area contributed by atoms with E-state index in [4.69, 9.17) is 4.84 Å². The van der Waals surface area contributed by atoms with E-state index in [2.05, 4.69) is 10.5 Å². The zero-order chi connectivity index (χ0) is 10.5. The van der Waals surface area contributed by atoms with E-state index < -0.39 is 0 Å². The predicted molar refractivity (Wildman–Crippen MR) is 60.9 cm³/mol. The van der Waals surface area contributed by atoms with Gasteiger partial charge < -0.3 is 10.2 Å². The molecule has 0 atom stereocenters. The Hall–Kier alpha value is -1.49. The summed E-state index contributed by atoms with van der Waals surface area (Å²) in [4.78, 5) is 16.5. The van der Waals surface area contributed by atoms with Gasteiger partial charge in [-0.25, -0.2) is 0 Å². The van der Waals surface area contributed by atoms with E-state index in [1.807, 2.05) is 30.3 Å². The number of para-hydroxylation sites is 1. The number of hydrogen-bond donors (Lipinski definition) is 1. The summed E-state index contributed by atoms with van der Waals surface area (Å²) in [5.74, 6) is 0.548. The van der Waals surface area contributed by atoms with Crippen LogP contribution in [0.15, 0.2) is 35.5 Å². The van der Waals surface area contributed by atoms with Crippen molar-refractivity contribution in [1.29, 1.82) is 0 Å². The molecule has 2 rings (SSSR count). The number of oxime groups is 1. The van der Waals surface area contributed by atoms with Crippen LogP contribution in [0, 0.1) is 0 Å². The van der Waals surface area contributed by atoms with E-state index in [9.17, 15) is 4.79 Å². The molecular formula is C10H10N2O2S. The monoisotopic (exact) mass is 222 g/mol. The lowest BCUT2D eigenvalue weighted by Gasteiger charge is -2.10. The number of amides is 1. The van der Waals surface area contributed by atoms with Crippen molar-refractivity contribution in [3.05, 3.63) is 30.3 Å². The van der Waals surface area contributed by atoms with E-state index in [1.54, 1.807) is 0 Å². The molecule has 0 bridgehead atoms. The van der Waals surface area contributed by atoms with Crippen LogP contribution in [-0.4, -0.2) is 23.3 Å². The minimum Gasteiger partial charge on any atom is -0.394 e. The molecule has 1 aromatic rings. The van der Waals surface area contributed by atoms with Gasteiger partial charge in [-0.15, -0.1) is 0 Å². The Bertz CT molecular complexity index is 378. The molecule has 5 heteroatoms. The van der Waals surface area contributed by atoms with E-state index in [-0.39, 0.29) is 5.91 Å². The molecule has 0 spiro atoms. The average molecular weight is 222 g/mol. The van der Waals surface area contributed by atoms with Crippen molar-refractivity contribution in [1.82, 2.24) is 0 Å². The fourth-order valence-electron chi connectivity index (χ4n) is 1.12. The quantitative estimate of drug-likeness (QED) is 0.828. The molecule has 78 valence electrons. The first-order valence-corrected chi connectivity index (χ1v) is 5.54. The van der Waals surface area contributed by atoms with Gasteiger partial charge in [-0.05, 0) is 12.1 Å². The van der Waals surface area contributed by atoms with Crippen molar-refractivity contribution in [3.63, 3.8) is 0 Å². The van der Waals surface area contributed by atoms with E-state index in [1.165, 1.54) is 11.8 Å². The van der Waals surface area contributed by atoms with Gasteiger partial charge in [0.25, 0.3) is 5.91 Å². The highest BCUT2D eigenvalue weighted by molar-refractivity contribution is 8.15. The van der Waals surface area contributed by atoms with Crippen LogP contribution >= 0.6 is 11.8 Å². The minimum absolute atomic E-state index is 0.217. The Morgan fingerprint density at radius 3 is 2.87 bits per heavy atom. The lowest BCUT2D eigenvalue weighted by atomic mass is 10.3. The normalized spacial score (nSPS) is 15.1. The van der Waals surface area contributed by atoms with Crippen LogP contribution in [0.2, 0.25) is 0 Å². The number of benzene rings is 1. The zero-order valence-electron chi connectivity index (χ0n) is 7.97. The fourth-order valence-corrected chi connectivity index (χ4v) is 1.76. The predicted octanol–water partition coefficient (Wildman–Crippen LogP) is 1.70. The minimum atomic E-state index is -0.217. The molecule has 4 nitrogen and oxygen atoms in total. The van der Waals surface area contributed by atoms with Crippen LogP contribution in [0.5, 0.6) is 0 Å². The Morgan fingerprint density at radius 1 is 1.40 bits per heavy atom. The number of thioether (sulfide) groups is 1. The number of anilines is 1. The molecule has 0 unspecified atom stereocenters. The van der Waals surface area contributed by atoms with Crippen LogP contribution in [0.3, 0.4) is 0 Å². The summed E-state index contributed by atoms with van der Waals surface area (Å²) in [7, 11) is 0. The average Bonchev–Trinajstić information content (AvgIpc) is 2.31. The van der Waals surface area contributed by atoms with Gasteiger partial charge in [0.15, 0.2) is 0 Å². The van der Waals surface area contributed by atoms with E-state index in [0.717, 1.165) is 11.4 Å². The van der Waals surface area contributed by atoms with Gasteiger partial charge in [0, 0.05) is 11.4 Å². The number of carbonyl (C=O) groups is 1. The highest BCUT2D eigenvalue weighted by atomic mass is 32.2. The van der Waals surface area contributed by atoms with Crippen LogP contribution in [-0.2, 0) is 9.63 Å². The molecule has 1 N–H and O–H groups in total. The second-order valence-corrected chi connectivity index (χ2v) is 3.98. The molecule has 1 aromatic carbocycles. The molecule has 1 aliphatic heterocycles. The third-order valence-electron chi connectivity index (χ3n) is 1.79. The maximum atomic E-state index is 11.6. The molecule has 1 aliphatic rings. The summed E-state index contributed by atoms with van der Waals surface area (Å²) in [6.07, 6.45) is 0. The summed E-state index contributed by atoms with van der Waals surface area (Å²) in [5, 5.41) is 6.81. The third kappa shape index (κ3) is 2.73. The van der Waals surface area contributed by atoms with Crippen molar-refractivity contribution in [3.8, 4) is 0 Å². The highest BCUT2D eigenvalue weighted by Gasteiger charge is 2.16. The van der Waals surface area contributed by atoms with E-state index >= 15 is 0 Å². The summed E-state index contributed by atoms with van der Waals surface area (Å²) in [6, 6.07) is 9.27. The van der Waals surface area contributed by atoms with Crippen molar-refractivity contribution < 1.29 is 9.63 Å². The largest absolute Gasteiger partial charge is 0.394 e. The number of nitrogens with one attached hydrogen (secondary N) is 1. The van der Waals surface area contributed by atoms with Crippen molar-refractivity contribution in [2.75, 3.05) is 17.7 Å². The van der Waals surface area contributed by atoms with Crippen LogP contribution in [0.4, 0.5) is 5.69 Å². The standard InChI is InChI=1S/C10H10N2O2S/c13-9(10-12-14-6-7-15-10)11-8-4-2-1-3-5-8/h1-5H,6-7H2,(H,11,13). The number of carbonyl (C=O) groups excluding carboxylic acids is 1. The first-order chi connectivity index (χ1) is 7.36. The zero-order valence-corrected chi connectivity index (χ0v) is 8.79. The molecule has 1 amide bonds. The molecular weight excluding hydrogens is 212 g/mol. The Balaban J connectivity index is 2.00. The smallest absolute Gasteiger partial charge is 0.284 e. The molecule has 15 heavy (non-hydrogen) atoms. The van der Waals surface area contributed by atoms with Gasteiger partial charge in [0.05, 0.1) is 0 Å². The maximum Gasteiger partial charge on any atom is 0.284 e. The third-order valence-corrected chi connectivity index (χ3v) is 2.69. The molecule has 0 radical (unpaired) electrons.